The van der Waals surface area contributed by atoms with Gasteiger partial charge in [0.05, 0.1) is 10.7 Å². The fourth-order valence-electron chi connectivity index (χ4n) is 2.48. The van der Waals surface area contributed by atoms with Crippen molar-refractivity contribution in [3.05, 3.63) is 34.5 Å². The lowest BCUT2D eigenvalue weighted by molar-refractivity contribution is 0.570. The second-order valence-electron chi connectivity index (χ2n) is 5.38. The first-order chi connectivity index (χ1) is 11.5. The molecule has 2 aromatic rings. The first-order valence-electron chi connectivity index (χ1n) is 7.34. The van der Waals surface area contributed by atoms with Gasteiger partial charge in [-0.1, -0.05) is 11.6 Å². The predicted octanol–water partition coefficient (Wildman–Crippen LogP) is 2.90. The Hall–Kier alpha value is -1.42. The molecule has 0 bridgehead atoms. The molecule has 1 aliphatic heterocycles. The van der Waals surface area contributed by atoms with E-state index in [2.05, 4.69) is 20.3 Å². The van der Waals surface area contributed by atoms with Crippen LogP contribution >= 0.6 is 22.9 Å². The SMILES string of the molecule is O=S(=O)(Nc1nccs1)c1cc(Cl)c(NCC2CCCN2)cc1F. The van der Waals surface area contributed by atoms with Gasteiger partial charge in [0, 0.05) is 24.2 Å². The van der Waals surface area contributed by atoms with Crippen molar-refractivity contribution in [2.75, 3.05) is 23.1 Å². The quantitative estimate of drug-likeness (QED) is 0.706. The zero-order valence-electron chi connectivity index (χ0n) is 12.6. The number of benzene rings is 1. The van der Waals surface area contributed by atoms with E-state index in [9.17, 15) is 12.8 Å². The Kier molecular flexibility index (Phi) is 5.24. The van der Waals surface area contributed by atoms with Crippen molar-refractivity contribution < 1.29 is 12.8 Å². The zero-order chi connectivity index (χ0) is 17.2. The van der Waals surface area contributed by atoms with Crippen LogP contribution in [0.15, 0.2) is 28.6 Å². The first-order valence-corrected chi connectivity index (χ1v) is 10.1. The molecule has 1 aromatic carbocycles. The molecule has 3 rings (SSSR count). The maximum absolute atomic E-state index is 14.3. The maximum atomic E-state index is 14.3. The van der Waals surface area contributed by atoms with Crippen LogP contribution in [0.4, 0.5) is 15.2 Å². The minimum atomic E-state index is -4.09. The van der Waals surface area contributed by atoms with E-state index in [0.29, 0.717) is 18.3 Å². The van der Waals surface area contributed by atoms with Crippen molar-refractivity contribution >= 4 is 43.8 Å². The van der Waals surface area contributed by atoms with Crippen molar-refractivity contribution in [2.24, 2.45) is 0 Å². The Morgan fingerprint density at radius 1 is 1.46 bits per heavy atom. The van der Waals surface area contributed by atoms with E-state index in [4.69, 9.17) is 11.6 Å². The van der Waals surface area contributed by atoms with E-state index < -0.39 is 20.7 Å². The lowest BCUT2D eigenvalue weighted by Gasteiger charge is -2.15. The number of nitrogens with one attached hydrogen (secondary N) is 3. The third-order valence-electron chi connectivity index (χ3n) is 3.67. The molecule has 0 amide bonds. The number of nitrogens with zero attached hydrogens (tertiary/aromatic N) is 1. The normalized spacial score (nSPS) is 17.8. The van der Waals surface area contributed by atoms with Crippen LogP contribution in [-0.2, 0) is 10.0 Å². The maximum Gasteiger partial charge on any atom is 0.266 e. The molecule has 3 N–H and O–H groups in total. The average Bonchev–Trinajstić information content (AvgIpc) is 3.20. The highest BCUT2D eigenvalue weighted by Gasteiger charge is 2.23. The summed E-state index contributed by atoms with van der Waals surface area (Å²) in [5, 5.41) is 8.30. The number of hydrogen-bond acceptors (Lipinski definition) is 6. The third-order valence-corrected chi connectivity index (χ3v) is 6.15. The van der Waals surface area contributed by atoms with Gasteiger partial charge in [0.15, 0.2) is 5.13 Å². The Balaban J connectivity index is 1.78. The van der Waals surface area contributed by atoms with Crippen molar-refractivity contribution in [3.63, 3.8) is 0 Å². The molecular formula is C14H16ClFN4O2S2. The van der Waals surface area contributed by atoms with Gasteiger partial charge >= 0.3 is 0 Å². The summed E-state index contributed by atoms with van der Waals surface area (Å²) in [6.45, 7) is 1.57. The molecule has 0 spiro atoms. The van der Waals surface area contributed by atoms with E-state index in [1.54, 1.807) is 5.38 Å². The molecule has 24 heavy (non-hydrogen) atoms. The van der Waals surface area contributed by atoms with Crippen molar-refractivity contribution in [1.82, 2.24) is 10.3 Å². The van der Waals surface area contributed by atoms with Gasteiger partial charge in [0.2, 0.25) is 0 Å². The summed E-state index contributed by atoms with van der Waals surface area (Å²) >= 11 is 7.22. The lowest BCUT2D eigenvalue weighted by atomic mass is 10.2. The van der Waals surface area contributed by atoms with Crippen LogP contribution in [0.2, 0.25) is 5.02 Å². The third kappa shape index (κ3) is 3.97. The highest BCUT2D eigenvalue weighted by Crippen LogP contribution is 2.29. The summed E-state index contributed by atoms with van der Waals surface area (Å²) in [6, 6.07) is 2.52. The fourth-order valence-corrected chi connectivity index (χ4v) is 4.65. The monoisotopic (exact) mass is 390 g/mol. The van der Waals surface area contributed by atoms with E-state index in [0.717, 1.165) is 42.9 Å². The van der Waals surface area contributed by atoms with Gasteiger partial charge in [-0.3, -0.25) is 4.72 Å². The van der Waals surface area contributed by atoms with Gasteiger partial charge in [-0.25, -0.2) is 17.8 Å². The topological polar surface area (TPSA) is 83.1 Å². The van der Waals surface area contributed by atoms with Gasteiger partial charge in [0.25, 0.3) is 10.0 Å². The van der Waals surface area contributed by atoms with Crippen LogP contribution in [-0.4, -0.2) is 32.5 Å². The highest BCUT2D eigenvalue weighted by atomic mass is 35.5. The second-order valence-corrected chi connectivity index (χ2v) is 8.33. The van der Waals surface area contributed by atoms with Gasteiger partial charge in [-0.15, -0.1) is 11.3 Å². The summed E-state index contributed by atoms with van der Waals surface area (Å²) in [5.74, 6) is -0.870. The predicted molar refractivity (Wildman–Crippen MR) is 93.8 cm³/mol. The van der Waals surface area contributed by atoms with E-state index in [1.807, 2.05) is 0 Å². The molecule has 1 aliphatic rings. The van der Waals surface area contributed by atoms with Crippen molar-refractivity contribution in [3.8, 4) is 0 Å². The molecular weight excluding hydrogens is 375 g/mol. The molecule has 2 heterocycles. The van der Waals surface area contributed by atoms with Crippen LogP contribution in [0.25, 0.3) is 0 Å². The molecule has 6 nitrogen and oxygen atoms in total. The van der Waals surface area contributed by atoms with Crippen molar-refractivity contribution in [2.45, 2.75) is 23.8 Å². The standard InChI is InChI=1S/C14H16ClFN4O2S2/c15-10-6-13(24(21,22)20-14-18-4-5-23-14)11(16)7-12(10)19-8-9-2-1-3-17-9/h4-7,9,17,19H,1-3,8H2,(H,18,20). The Labute approximate surface area is 148 Å². The van der Waals surface area contributed by atoms with Crippen LogP contribution in [0.5, 0.6) is 0 Å². The van der Waals surface area contributed by atoms with Crippen LogP contribution in [0.3, 0.4) is 0 Å². The number of hydrogen-bond donors (Lipinski definition) is 3. The molecule has 0 saturated carbocycles. The van der Waals surface area contributed by atoms with Crippen LogP contribution in [0.1, 0.15) is 12.8 Å². The van der Waals surface area contributed by atoms with E-state index in [-0.39, 0.29) is 10.2 Å². The zero-order valence-corrected chi connectivity index (χ0v) is 14.9. The Morgan fingerprint density at radius 3 is 2.96 bits per heavy atom. The second kappa shape index (κ2) is 7.22. The number of thiazole rings is 1. The average molecular weight is 391 g/mol. The molecule has 0 aliphatic carbocycles. The number of halogens is 2. The first kappa shape index (κ1) is 17.4. The molecule has 0 radical (unpaired) electrons. The van der Waals surface area contributed by atoms with Crippen LogP contribution in [0, 0.1) is 5.82 Å². The number of aromatic nitrogens is 1. The smallest absolute Gasteiger partial charge is 0.266 e. The summed E-state index contributed by atoms with van der Waals surface area (Å²) in [4.78, 5) is 3.32. The molecule has 1 saturated heterocycles. The molecule has 1 unspecified atom stereocenters. The molecule has 10 heteroatoms. The summed E-state index contributed by atoms with van der Waals surface area (Å²) in [6.07, 6.45) is 3.60. The highest BCUT2D eigenvalue weighted by molar-refractivity contribution is 7.93. The number of rotatable bonds is 6. The molecule has 1 aromatic heterocycles. The van der Waals surface area contributed by atoms with Gasteiger partial charge in [0.1, 0.15) is 10.7 Å². The Bertz CT molecular complexity index is 808. The van der Waals surface area contributed by atoms with Crippen molar-refractivity contribution in [1.29, 1.82) is 0 Å². The van der Waals surface area contributed by atoms with Gasteiger partial charge in [-0.05, 0) is 31.5 Å². The minimum Gasteiger partial charge on any atom is -0.382 e. The van der Waals surface area contributed by atoms with Gasteiger partial charge < -0.3 is 10.6 Å². The molecule has 130 valence electrons. The molecule has 1 fully saturated rings. The van der Waals surface area contributed by atoms with Crippen LogP contribution < -0.4 is 15.4 Å². The Morgan fingerprint density at radius 2 is 2.29 bits per heavy atom. The minimum absolute atomic E-state index is 0.147. The summed E-state index contributed by atoms with van der Waals surface area (Å²) in [7, 11) is -4.09. The summed E-state index contributed by atoms with van der Waals surface area (Å²) in [5.41, 5.74) is 0.371. The van der Waals surface area contributed by atoms with Gasteiger partial charge in [-0.2, -0.15) is 0 Å². The number of anilines is 2. The number of sulfonamides is 1. The fraction of sp³-hybridized carbons (Fsp3) is 0.357. The van der Waals surface area contributed by atoms with E-state index >= 15 is 0 Å². The molecule has 1 atom stereocenters. The van der Waals surface area contributed by atoms with E-state index in [1.165, 1.54) is 6.20 Å². The largest absolute Gasteiger partial charge is 0.382 e. The summed E-state index contributed by atoms with van der Waals surface area (Å²) < 4.78 is 41.1. The lowest BCUT2D eigenvalue weighted by Crippen LogP contribution is -2.29.